The minimum absolute atomic E-state index is 0.0666. The normalized spacial score (nSPS) is 10.9. The zero-order valence-corrected chi connectivity index (χ0v) is 14.9. The number of carbonyl (C=O) groups is 1. The molecule has 2 rings (SSSR count). The highest BCUT2D eigenvalue weighted by Crippen LogP contribution is 2.23. The van der Waals surface area contributed by atoms with Crippen molar-refractivity contribution in [3.63, 3.8) is 0 Å². The van der Waals surface area contributed by atoms with Gasteiger partial charge < -0.3 is 5.32 Å². The molecule has 23 heavy (non-hydrogen) atoms. The van der Waals surface area contributed by atoms with Crippen molar-refractivity contribution < 1.29 is 4.79 Å². The maximum atomic E-state index is 12.9. The molecule has 2 aromatic rings. The van der Waals surface area contributed by atoms with Crippen molar-refractivity contribution in [3.8, 4) is 0 Å². The first-order valence-electron chi connectivity index (χ1n) is 8.14. The summed E-state index contributed by atoms with van der Waals surface area (Å²) in [5, 5.41) is 3.09. The molecular formula is C20H26N2O. The fourth-order valence-electron chi connectivity index (χ4n) is 3.01. The summed E-state index contributed by atoms with van der Waals surface area (Å²) in [6, 6.07) is 8.06. The molecule has 1 aromatic carbocycles. The topological polar surface area (TPSA) is 42.0 Å². The molecule has 122 valence electrons. The first kappa shape index (κ1) is 17.2. The number of para-hydroxylation sites is 1. The van der Waals surface area contributed by atoms with Gasteiger partial charge in [-0.15, -0.1) is 0 Å². The summed E-state index contributed by atoms with van der Waals surface area (Å²) >= 11 is 0. The number of carbonyl (C=O) groups excluding carboxylic acids is 1. The van der Waals surface area contributed by atoms with Gasteiger partial charge >= 0.3 is 0 Å². The van der Waals surface area contributed by atoms with Gasteiger partial charge in [0.2, 0.25) is 0 Å². The number of anilines is 1. The summed E-state index contributed by atoms with van der Waals surface area (Å²) in [5.41, 5.74) is 6.59. The molecule has 3 nitrogen and oxygen atoms in total. The lowest BCUT2D eigenvalue weighted by Crippen LogP contribution is -2.19. The molecule has 0 unspecified atom stereocenters. The Hall–Kier alpha value is -2.16. The number of nitrogens with zero attached hydrogens (tertiary/aromatic N) is 1. The molecule has 0 bridgehead atoms. The van der Waals surface area contributed by atoms with E-state index in [1.807, 2.05) is 52.0 Å². The number of nitrogens with one attached hydrogen (secondary N) is 1. The van der Waals surface area contributed by atoms with Crippen molar-refractivity contribution in [2.45, 2.75) is 48.0 Å². The van der Waals surface area contributed by atoms with Crippen molar-refractivity contribution in [1.82, 2.24) is 4.98 Å². The molecule has 1 N–H and O–H groups in total. The highest BCUT2D eigenvalue weighted by Gasteiger charge is 2.18. The Bertz CT molecular complexity index is 712. The van der Waals surface area contributed by atoms with Gasteiger partial charge in [-0.1, -0.05) is 32.0 Å². The predicted octanol–water partition coefficient (Wildman–Crippen LogP) is 4.77. The average Bonchev–Trinajstić information content (AvgIpc) is 2.41. The molecule has 0 saturated carbocycles. The van der Waals surface area contributed by atoms with Gasteiger partial charge in [0.25, 0.3) is 5.91 Å². The van der Waals surface area contributed by atoms with Crippen LogP contribution in [0.5, 0.6) is 0 Å². The van der Waals surface area contributed by atoms with Crippen LogP contribution >= 0.6 is 0 Å². The Kier molecular flexibility index (Phi) is 5.19. The van der Waals surface area contributed by atoms with E-state index >= 15 is 0 Å². The maximum absolute atomic E-state index is 12.9. The summed E-state index contributed by atoms with van der Waals surface area (Å²) in [5.74, 6) is 0.422. The number of pyridine rings is 1. The number of benzene rings is 1. The van der Waals surface area contributed by atoms with Crippen molar-refractivity contribution in [2.24, 2.45) is 5.92 Å². The van der Waals surface area contributed by atoms with E-state index in [0.717, 1.165) is 40.2 Å². The van der Waals surface area contributed by atoms with Crippen LogP contribution < -0.4 is 5.32 Å². The Balaban J connectivity index is 2.43. The van der Waals surface area contributed by atoms with Gasteiger partial charge in [0.05, 0.1) is 11.3 Å². The van der Waals surface area contributed by atoms with E-state index in [2.05, 4.69) is 24.1 Å². The highest BCUT2D eigenvalue weighted by molar-refractivity contribution is 6.06. The van der Waals surface area contributed by atoms with E-state index in [0.29, 0.717) is 11.5 Å². The van der Waals surface area contributed by atoms with Crippen LogP contribution in [0.25, 0.3) is 0 Å². The molecule has 1 aromatic heterocycles. The number of amides is 1. The van der Waals surface area contributed by atoms with Crippen LogP contribution in [0.1, 0.15) is 52.3 Å². The zero-order valence-electron chi connectivity index (χ0n) is 14.9. The molecule has 3 heteroatoms. The molecular weight excluding hydrogens is 284 g/mol. The Labute approximate surface area is 139 Å². The predicted molar refractivity (Wildman–Crippen MR) is 96.1 cm³/mol. The van der Waals surface area contributed by atoms with Gasteiger partial charge in [-0.05, 0) is 62.8 Å². The van der Waals surface area contributed by atoms with Gasteiger partial charge in [-0.3, -0.25) is 9.78 Å². The van der Waals surface area contributed by atoms with Gasteiger partial charge in [-0.25, -0.2) is 0 Å². The summed E-state index contributed by atoms with van der Waals surface area (Å²) in [6.07, 6.45) is 0.875. The van der Waals surface area contributed by atoms with Crippen LogP contribution in [-0.2, 0) is 6.42 Å². The molecule has 1 amide bonds. The fraction of sp³-hybridized carbons (Fsp3) is 0.400. The van der Waals surface area contributed by atoms with Crippen LogP contribution in [0.4, 0.5) is 5.69 Å². The Morgan fingerprint density at radius 3 is 2.30 bits per heavy atom. The number of hydrogen-bond acceptors (Lipinski definition) is 2. The second-order valence-electron chi connectivity index (χ2n) is 6.70. The fourth-order valence-corrected chi connectivity index (χ4v) is 3.01. The quantitative estimate of drug-likeness (QED) is 0.884. The monoisotopic (exact) mass is 310 g/mol. The molecule has 0 atom stereocenters. The van der Waals surface area contributed by atoms with Crippen LogP contribution in [0.2, 0.25) is 0 Å². The molecule has 0 aliphatic heterocycles. The zero-order chi connectivity index (χ0) is 17.1. The van der Waals surface area contributed by atoms with E-state index in [-0.39, 0.29) is 5.91 Å². The van der Waals surface area contributed by atoms with Crippen LogP contribution in [0, 0.1) is 33.6 Å². The van der Waals surface area contributed by atoms with Crippen molar-refractivity contribution >= 4 is 11.6 Å². The molecule has 0 aliphatic carbocycles. The van der Waals surface area contributed by atoms with E-state index in [1.54, 1.807) is 0 Å². The summed E-state index contributed by atoms with van der Waals surface area (Å²) < 4.78 is 0. The Morgan fingerprint density at radius 1 is 1.13 bits per heavy atom. The SMILES string of the molecule is Cc1cc(CC(C)C)c(C(=O)Nc2c(C)cccc2C)c(C)n1. The molecule has 0 fully saturated rings. The van der Waals surface area contributed by atoms with Crippen molar-refractivity contribution in [3.05, 3.63) is 57.9 Å². The molecule has 0 saturated heterocycles. The highest BCUT2D eigenvalue weighted by atomic mass is 16.1. The first-order valence-corrected chi connectivity index (χ1v) is 8.14. The minimum Gasteiger partial charge on any atom is -0.321 e. The first-order chi connectivity index (χ1) is 10.8. The summed E-state index contributed by atoms with van der Waals surface area (Å²) in [7, 11) is 0. The van der Waals surface area contributed by atoms with E-state index < -0.39 is 0 Å². The number of aromatic nitrogens is 1. The second-order valence-corrected chi connectivity index (χ2v) is 6.70. The third-order valence-corrected chi connectivity index (χ3v) is 3.98. The lowest BCUT2D eigenvalue weighted by Gasteiger charge is -2.17. The number of aryl methyl sites for hydroxylation is 4. The van der Waals surface area contributed by atoms with E-state index in [9.17, 15) is 4.79 Å². The largest absolute Gasteiger partial charge is 0.321 e. The molecule has 0 radical (unpaired) electrons. The smallest absolute Gasteiger partial charge is 0.257 e. The minimum atomic E-state index is -0.0666. The molecule has 0 aliphatic rings. The lowest BCUT2D eigenvalue weighted by atomic mass is 9.96. The molecule has 1 heterocycles. The van der Waals surface area contributed by atoms with Gasteiger partial charge in [-0.2, -0.15) is 0 Å². The average molecular weight is 310 g/mol. The summed E-state index contributed by atoms with van der Waals surface area (Å²) in [6.45, 7) is 12.2. The summed E-state index contributed by atoms with van der Waals surface area (Å²) in [4.78, 5) is 17.4. The maximum Gasteiger partial charge on any atom is 0.257 e. The lowest BCUT2D eigenvalue weighted by molar-refractivity contribution is 0.102. The molecule has 0 spiro atoms. The van der Waals surface area contributed by atoms with E-state index in [1.165, 1.54) is 0 Å². The third-order valence-electron chi connectivity index (χ3n) is 3.98. The van der Waals surface area contributed by atoms with Crippen LogP contribution in [0.3, 0.4) is 0 Å². The van der Waals surface area contributed by atoms with Crippen LogP contribution in [0.15, 0.2) is 24.3 Å². The standard InChI is InChI=1S/C20H26N2O/c1-12(2)10-17-11-15(5)21-16(6)18(17)20(23)22-19-13(3)8-7-9-14(19)4/h7-9,11-12H,10H2,1-6H3,(H,22,23). The van der Waals surface area contributed by atoms with Gasteiger partial charge in [0, 0.05) is 11.4 Å². The second kappa shape index (κ2) is 6.95. The van der Waals surface area contributed by atoms with E-state index in [4.69, 9.17) is 0 Å². The van der Waals surface area contributed by atoms with Crippen molar-refractivity contribution in [1.29, 1.82) is 0 Å². The van der Waals surface area contributed by atoms with Crippen molar-refractivity contribution in [2.75, 3.05) is 5.32 Å². The number of hydrogen-bond donors (Lipinski definition) is 1. The van der Waals surface area contributed by atoms with Gasteiger partial charge in [0.1, 0.15) is 0 Å². The third kappa shape index (κ3) is 3.98. The Morgan fingerprint density at radius 2 is 1.74 bits per heavy atom. The van der Waals surface area contributed by atoms with Crippen LogP contribution in [-0.4, -0.2) is 10.9 Å². The van der Waals surface area contributed by atoms with Gasteiger partial charge in [0.15, 0.2) is 0 Å². The number of rotatable bonds is 4.